The lowest BCUT2D eigenvalue weighted by Gasteiger charge is -2.30. The first-order chi connectivity index (χ1) is 14.9. The number of thiazole rings is 1. The summed E-state index contributed by atoms with van der Waals surface area (Å²) in [5.41, 5.74) is 5.57. The van der Waals surface area contributed by atoms with E-state index in [1.807, 2.05) is 19.9 Å². The second-order valence-corrected chi connectivity index (χ2v) is 9.85. The summed E-state index contributed by atoms with van der Waals surface area (Å²) in [6, 6.07) is 10.5. The van der Waals surface area contributed by atoms with Crippen LogP contribution in [0.3, 0.4) is 0 Å². The lowest BCUT2D eigenvalue weighted by Crippen LogP contribution is -2.32. The van der Waals surface area contributed by atoms with E-state index in [1.165, 1.54) is 42.8 Å². The van der Waals surface area contributed by atoms with Gasteiger partial charge in [-0.3, -0.25) is 15.0 Å². The van der Waals surface area contributed by atoms with Gasteiger partial charge in [0.1, 0.15) is 5.75 Å². The molecule has 6 heteroatoms. The van der Waals surface area contributed by atoms with Crippen LogP contribution in [-0.2, 0) is 11.3 Å². The van der Waals surface area contributed by atoms with Gasteiger partial charge in [-0.15, -0.1) is 0 Å². The molecule has 4 rings (SSSR count). The first-order valence-electron chi connectivity index (χ1n) is 11.0. The molecule has 1 aliphatic rings. The summed E-state index contributed by atoms with van der Waals surface area (Å²) in [5, 5.41) is 3.50. The number of likely N-dealkylation sites (tertiary alicyclic amines) is 1. The smallest absolute Gasteiger partial charge is 0.264 e. The third kappa shape index (κ3) is 5.43. The molecular weight excluding hydrogens is 406 g/mol. The SMILES string of the molecule is Cc1cc(C)c(C)c(OCC(=O)Nc2nc3ccc(CN4CCC(C)CC4)cc3s2)c1. The van der Waals surface area contributed by atoms with E-state index >= 15 is 0 Å². The normalized spacial score (nSPS) is 15.4. The van der Waals surface area contributed by atoms with Crippen molar-refractivity contribution in [2.45, 2.75) is 47.1 Å². The average molecular weight is 438 g/mol. The number of nitrogens with zero attached hydrogens (tertiary/aromatic N) is 2. The zero-order valence-electron chi connectivity index (χ0n) is 18.8. The lowest BCUT2D eigenvalue weighted by atomic mass is 9.99. The predicted molar refractivity (Wildman–Crippen MR) is 128 cm³/mol. The number of carbonyl (C=O) groups is 1. The minimum atomic E-state index is -0.194. The Hall–Kier alpha value is -2.44. The predicted octanol–water partition coefficient (Wildman–Crippen LogP) is 5.47. The molecule has 31 heavy (non-hydrogen) atoms. The Bertz CT molecular complexity index is 1080. The fourth-order valence-electron chi connectivity index (χ4n) is 4.05. The van der Waals surface area contributed by atoms with Crippen molar-refractivity contribution in [3.8, 4) is 5.75 Å². The Labute approximate surface area is 188 Å². The second kappa shape index (κ2) is 9.37. The van der Waals surface area contributed by atoms with Crippen molar-refractivity contribution in [1.82, 2.24) is 9.88 Å². The number of benzene rings is 2. The number of aryl methyl sites for hydroxylation is 2. The third-order valence-corrected chi connectivity index (χ3v) is 7.04. The van der Waals surface area contributed by atoms with Gasteiger partial charge in [0.15, 0.2) is 11.7 Å². The molecule has 2 heterocycles. The maximum absolute atomic E-state index is 12.4. The van der Waals surface area contributed by atoms with Crippen LogP contribution in [0.4, 0.5) is 5.13 Å². The number of carbonyl (C=O) groups excluding carboxylic acids is 1. The van der Waals surface area contributed by atoms with Crippen LogP contribution in [0.15, 0.2) is 30.3 Å². The number of rotatable bonds is 6. The van der Waals surface area contributed by atoms with E-state index in [0.717, 1.165) is 45.1 Å². The van der Waals surface area contributed by atoms with E-state index in [1.54, 1.807) is 0 Å². The Balaban J connectivity index is 1.37. The molecule has 3 aromatic rings. The summed E-state index contributed by atoms with van der Waals surface area (Å²) < 4.78 is 6.88. The van der Waals surface area contributed by atoms with Crippen LogP contribution in [0.2, 0.25) is 0 Å². The van der Waals surface area contributed by atoms with E-state index in [2.05, 4.69) is 53.3 Å². The molecule has 0 saturated carbocycles. The van der Waals surface area contributed by atoms with Gasteiger partial charge in [-0.05, 0) is 93.1 Å². The summed E-state index contributed by atoms with van der Waals surface area (Å²) in [6.07, 6.45) is 2.56. The molecule has 0 unspecified atom stereocenters. The topological polar surface area (TPSA) is 54.5 Å². The molecule has 0 atom stereocenters. The fraction of sp³-hybridized carbons (Fsp3) is 0.440. The molecule has 0 aliphatic carbocycles. The van der Waals surface area contributed by atoms with Crippen molar-refractivity contribution < 1.29 is 9.53 Å². The van der Waals surface area contributed by atoms with E-state index in [-0.39, 0.29) is 12.5 Å². The molecule has 1 aliphatic heterocycles. The summed E-state index contributed by atoms with van der Waals surface area (Å²) in [7, 11) is 0. The first kappa shape index (κ1) is 21.8. The summed E-state index contributed by atoms with van der Waals surface area (Å²) in [4.78, 5) is 19.5. The van der Waals surface area contributed by atoms with E-state index in [9.17, 15) is 4.79 Å². The maximum Gasteiger partial charge on any atom is 0.264 e. The molecule has 1 N–H and O–H groups in total. The van der Waals surface area contributed by atoms with Crippen LogP contribution in [-0.4, -0.2) is 35.5 Å². The van der Waals surface area contributed by atoms with Crippen LogP contribution in [0.1, 0.15) is 42.0 Å². The Morgan fingerprint density at radius 3 is 2.74 bits per heavy atom. The molecule has 5 nitrogen and oxygen atoms in total. The maximum atomic E-state index is 12.4. The number of hydrogen-bond donors (Lipinski definition) is 1. The number of ether oxygens (including phenoxy) is 1. The number of amides is 1. The van der Waals surface area contributed by atoms with Gasteiger partial charge in [0.25, 0.3) is 5.91 Å². The zero-order valence-corrected chi connectivity index (χ0v) is 19.6. The highest BCUT2D eigenvalue weighted by Crippen LogP contribution is 2.28. The molecular formula is C25H31N3O2S. The molecule has 1 saturated heterocycles. The molecule has 1 aromatic heterocycles. The lowest BCUT2D eigenvalue weighted by molar-refractivity contribution is -0.118. The highest BCUT2D eigenvalue weighted by molar-refractivity contribution is 7.22. The van der Waals surface area contributed by atoms with Gasteiger partial charge in [-0.25, -0.2) is 4.98 Å². The average Bonchev–Trinajstić information content (AvgIpc) is 3.12. The van der Waals surface area contributed by atoms with Crippen LogP contribution < -0.4 is 10.1 Å². The quantitative estimate of drug-likeness (QED) is 0.555. The second-order valence-electron chi connectivity index (χ2n) is 8.82. The minimum absolute atomic E-state index is 0.0295. The van der Waals surface area contributed by atoms with E-state index in [0.29, 0.717) is 5.13 Å². The van der Waals surface area contributed by atoms with Gasteiger partial charge in [0.05, 0.1) is 10.2 Å². The van der Waals surface area contributed by atoms with E-state index < -0.39 is 0 Å². The van der Waals surface area contributed by atoms with Crippen LogP contribution in [0.5, 0.6) is 5.75 Å². The number of fused-ring (bicyclic) bond motifs is 1. The third-order valence-electron chi connectivity index (χ3n) is 6.10. The molecule has 0 bridgehead atoms. The minimum Gasteiger partial charge on any atom is -0.483 e. The Kier molecular flexibility index (Phi) is 6.58. The van der Waals surface area contributed by atoms with Crippen molar-refractivity contribution in [2.24, 2.45) is 5.92 Å². The summed E-state index contributed by atoms with van der Waals surface area (Å²) in [6.45, 7) is 11.7. The van der Waals surface area contributed by atoms with Gasteiger partial charge in [-0.2, -0.15) is 0 Å². The number of piperidine rings is 1. The largest absolute Gasteiger partial charge is 0.483 e. The Morgan fingerprint density at radius 2 is 1.97 bits per heavy atom. The molecule has 0 radical (unpaired) electrons. The number of hydrogen-bond acceptors (Lipinski definition) is 5. The summed E-state index contributed by atoms with van der Waals surface area (Å²) in [5.74, 6) is 1.41. The van der Waals surface area contributed by atoms with Crippen molar-refractivity contribution in [3.05, 3.63) is 52.6 Å². The number of nitrogens with one attached hydrogen (secondary N) is 1. The highest BCUT2D eigenvalue weighted by Gasteiger charge is 2.16. The highest BCUT2D eigenvalue weighted by atomic mass is 32.1. The number of aromatic nitrogens is 1. The van der Waals surface area contributed by atoms with Crippen molar-refractivity contribution >= 4 is 32.6 Å². The van der Waals surface area contributed by atoms with Gasteiger partial charge >= 0.3 is 0 Å². The molecule has 1 fully saturated rings. The molecule has 2 aromatic carbocycles. The molecule has 0 spiro atoms. The van der Waals surface area contributed by atoms with Crippen molar-refractivity contribution in [1.29, 1.82) is 0 Å². The van der Waals surface area contributed by atoms with Crippen molar-refractivity contribution in [2.75, 3.05) is 25.0 Å². The van der Waals surface area contributed by atoms with Gasteiger partial charge in [0.2, 0.25) is 0 Å². The van der Waals surface area contributed by atoms with Gasteiger partial charge in [-0.1, -0.05) is 30.4 Å². The standard InChI is InChI=1S/C25H31N3O2S/c1-16-7-9-28(10-8-16)14-20-5-6-21-23(13-20)31-25(26-21)27-24(29)15-30-22-12-17(2)11-18(3)19(22)4/h5-6,11-13,16H,7-10,14-15H2,1-4H3,(H,26,27,29). The van der Waals surface area contributed by atoms with Gasteiger partial charge < -0.3 is 4.74 Å². The molecule has 1 amide bonds. The van der Waals surface area contributed by atoms with Crippen LogP contribution in [0, 0.1) is 26.7 Å². The van der Waals surface area contributed by atoms with E-state index in [4.69, 9.17) is 4.74 Å². The Morgan fingerprint density at radius 1 is 1.19 bits per heavy atom. The van der Waals surface area contributed by atoms with Crippen LogP contribution in [0.25, 0.3) is 10.2 Å². The van der Waals surface area contributed by atoms with Crippen molar-refractivity contribution in [3.63, 3.8) is 0 Å². The summed E-state index contributed by atoms with van der Waals surface area (Å²) >= 11 is 1.51. The molecule has 164 valence electrons. The fourth-order valence-corrected chi connectivity index (χ4v) is 4.99. The monoisotopic (exact) mass is 437 g/mol. The zero-order chi connectivity index (χ0) is 22.0. The van der Waals surface area contributed by atoms with Gasteiger partial charge in [0, 0.05) is 6.54 Å². The van der Waals surface area contributed by atoms with Crippen LogP contribution >= 0.6 is 11.3 Å². The number of anilines is 1. The first-order valence-corrected chi connectivity index (χ1v) is 11.8.